The largest absolute Gasteiger partial charge is 0.378 e. The van der Waals surface area contributed by atoms with Crippen LogP contribution in [0.4, 0.5) is 0 Å². The smallest absolute Gasteiger partial charge is 0.267 e. The minimum absolute atomic E-state index is 0.378. The van der Waals surface area contributed by atoms with Crippen molar-refractivity contribution < 1.29 is 17.7 Å². The standard InChI is InChI=1S/C5H12O4S/c1-5(2,9-3)4-10(6,7)8/h4H2,1-3H3,(H,6,7,8). The van der Waals surface area contributed by atoms with Crippen molar-refractivity contribution in [3.05, 3.63) is 0 Å². The van der Waals surface area contributed by atoms with E-state index >= 15 is 0 Å². The van der Waals surface area contributed by atoms with Gasteiger partial charge in [-0.25, -0.2) is 0 Å². The van der Waals surface area contributed by atoms with Gasteiger partial charge in [-0.1, -0.05) is 0 Å². The molecule has 0 unspecified atom stereocenters. The fraction of sp³-hybridized carbons (Fsp3) is 1.00. The van der Waals surface area contributed by atoms with Crippen molar-refractivity contribution in [1.29, 1.82) is 0 Å². The van der Waals surface area contributed by atoms with Crippen LogP contribution in [-0.2, 0) is 14.9 Å². The molecule has 10 heavy (non-hydrogen) atoms. The molecule has 0 saturated heterocycles. The number of rotatable bonds is 3. The molecule has 0 aliphatic carbocycles. The Bertz CT molecular complexity index is 192. The average Bonchev–Trinajstić information content (AvgIpc) is 1.60. The highest BCUT2D eigenvalue weighted by atomic mass is 32.2. The molecule has 1 N–H and O–H groups in total. The molecule has 0 aliphatic heterocycles. The summed E-state index contributed by atoms with van der Waals surface area (Å²) in [5.74, 6) is -0.378. The van der Waals surface area contributed by atoms with Gasteiger partial charge >= 0.3 is 0 Å². The van der Waals surface area contributed by atoms with Gasteiger partial charge < -0.3 is 4.74 Å². The molecule has 0 aliphatic rings. The quantitative estimate of drug-likeness (QED) is 0.615. The average molecular weight is 168 g/mol. The van der Waals surface area contributed by atoms with E-state index in [0.717, 1.165) is 0 Å². The van der Waals surface area contributed by atoms with Crippen molar-refractivity contribution in [3.63, 3.8) is 0 Å². The molecular formula is C5H12O4S. The van der Waals surface area contributed by atoms with Crippen LogP contribution in [0.2, 0.25) is 0 Å². The maximum Gasteiger partial charge on any atom is 0.267 e. The van der Waals surface area contributed by atoms with Crippen LogP contribution in [0.3, 0.4) is 0 Å². The Labute approximate surface area is 60.9 Å². The molecule has 0 aromatic heterocycles. The van der Waals surface area contributed by atoms with E-state index in [1.165, 1.54) is 7.11 Å². The van der Waals surface area contributed by atoms with E-state index in [0.29, 0.717) is 0 Å². The van der Waals surface area contributed by atoms with Crippen LogP contribution >= 0.6 is 0 Å². The molecule has 0 heterocycles. The summed E-state index contributed by atoms with van der Waals surface area (Å²) in [5, 5.41) is 0. The summed E-state index contributed by atoms with van der Waals surface area (Å²) < 4.78 is 33.7. The predicted molar refractivity (Wildman–Crippen MR) is 37.5 cm³/mol. The first-order chi connectivity index (χ1) is 4.27. The lowest BCUT2D eigenvalue weighted by Crippen LogP contribution is -2.32. The molecule has 0 atom stereocenters. The van der Waals surface area contributed by atoms with Crippen molar-refractivity contribution in [3.8, 4) is 0 Å². The highest BCUT2D eigenvalue weighted by molar-refractivity contribution is 7.85. The minimum atomic E-state index is -3.92. The molecule has 0 aromatic carbocycles. The van der Waals surface area contributed by atoms with Crippen LogP contribution in [0.1, 0.15) is 13.8 Å². The van der Waals surface area contributed by atoms with Crippen LogP contribution in [0.15, 0.2) is 0 Å². The van der Waals surface area contributed by atoms with Crippen LogP contribution in [-0.4, -0.2) is 31.4 Å². The Morgan fingerprint density at radius 3 is 2.00 bits per heavy atom. The summed E-state index contributed by atoms with van der Waals surface area (Å²) in [7, 11) is -2.52. The molecule has 62 valence electrons. The van der Waals surface area contributed by atoms with Crippen LogP contribution in [0.5, 0.6) is 0 Å². The first-order valence-electron chi connectivity index (χ1n) is 2.77. The third-order valence-corrected chi connectivity index (χ3v) is 2.14. The summed E-state index contributed by atoms with van der Waals surface area (Å²) >= 11 is 0. The first kappa shape index (κ1) is 9.87. The van der Waals surface area contributed by atoms with Crippen molar-refractivity contribution in [1.82, 2.24) is 0 Å². The van der Waals surface area contributed by atoms with Gasteiger partial charge in [0.15, 0.2) is 0 Å². The Balaban J connectivity index is 4.16. The third-order valence-electron chi connectivity index (χ3n) is 1.08. The molecule has 4 nitrogen and oxygen atoms in total. The minimum Gasteiger partial charge on any atom is -0.378 e. The van der Waals surface area contributed by atoms with E-state index in [-0.39, 0.29) is 5.75 Å². The number of hydrogen-bond acceptors (Lipinski definition) is 3. The van der Waals surface area contributed by atoms with Gasteiger partial charge in [0, 0.05) is 7.11 Å². The van der Waals surface area contributed by atoms with E-state index in [9.17, 15) is 8.42 Å². The Morgan fingerprint density at radius 1 is 1.50 bits per heavy atom. The molecule has 0 radical (unpaired) electrons. The van der Waals surface area contributed by atoms with Gasteiger partial charge in [0.2, 0.25) is 0 Å². The molecular weight excluding hydrogens is 156 g/mol. The summed E-state index contributed by atoms with van der Waals surface area (Å²) in [5.41, 5.74) is -0.812. The molecule has 0 bridgehead atoms. The molecule has 5 heteroatoms. The second-order valence-corrected chi connectivity index (χ2v) is 4.14. The third kappa shape index (κ3) is 4.72. The van der Waals surface area contributed by atoms with Gasteiger partial charge in [0.1, 0.15) is 5.75 Å². The van der Waals surface area contributed by atoms with Gasteiger partial charge in [-0.3, -0.25) is 4.55 Å². The van der Waals surface area contributed by atoms with E-state index in [1.54, 1.807) is 13.8 Å². The van der Waals surface area contributed by atoms with Gasteiger partial charge in [-0.15, -0.1) is 0 Å². The highest BCUT2D eigenvalue weighted by Gasteiger charge is 2.23. The van der Waals surface area contributed by atoms with Crippen molar-refractivity contribution >= 4 is 10.1 Å². The summed E-state index contributed by atoms with van der Waals surface area (Å²) in [4.78, 5) is 0. The Kier molecular flexibility index (Phi) is 2.82. The van der Waals surface area contributed by atoms with Crippen LogP contribution < -0.4 is 0 Å². The first-order valence-corrected chi connectivity index (χ1v) is 4.38. The molecule has 0 fully saturated rings. The van der Waals surface area contributed by atoms with E-state index in [4.69, 9.17) is 9.29 Å². The maximum atomic E-state index is 10.3. The van der Waals surface area contributed by atoms with Gasteiger partial charge in [-0.2, -0.15) is 8.42 Å². The van der Waals surface area contributed by atoms with Crippen molar-refractivity contribution in [2.75, 3.05) is 12.9 Å². The van der Waals surface area contributed by atoms with Crippen molar-refractivity contribution in [2.45, 2.75) is 19.4 Å². The van der Waals surface area contributed by atoms with E-state index < -0.39 is 15.7 Å². The zero-order chi connectivity index (χ0) is 8.41. The van der Waals surface area contributed by atoms with Crippen molar-refractivity contribution in [2.24, 2.45) is 0 Å². The van der Waals surface area contributed by atoms with E-state index in [2.05, 4.69) is 0 Å². The Hall–Kier alpha value is -0.130. The van der Waals surface area contributed by atoms with Gasteiger partial charge in [0.05, 0.1) is 5.60 Å². The highest BCUT2D eigenvalue weighted by Crippen LogP contribution is 2.09. The SMILES string of the molecule is COC(C)(C)CS(=O)(=O)O. The predicted octanol–water partition coefficient (Wildman–Crippen LogP) is 0.299. The lowest BCUT2D eigenvalue weighted by Gasteiger charge is -2.20. The van der Waals surface area contributed by atoms with Gasteiger partial charge in [-0.05, 0) is 13.8 Å². The second-order valence-electron chi connectivity index (χ2n) is 2.69. The molecule has 0 saturated carbocycles. The monoisotopic (exact) mass is 168 g/mol. The zero-order valence-electron chi connectivity index (χ0n) is 6.29. The second kappa shape index (κ2) is 2.86. The number of hydrogen-bond donors (Lipinski definition) is 1. The van der Waals surface area contributed by atoms with E-state index in [1.807, 2.05) is 0 Å². The fourth-order valence-corrected chi connectivity index (χ4v) is 1.49. The summed E-state index contributed by atoms with van der Waals surface area (Å²) in [6.07, 6.45) is 0. The van der Waals surface area contributed by atoms with Crippen LogP contribution in [0, 0.1) is 0 Å². The lowest BCUT2D eigenvalue weighted by molar-refractivity contribution is 0.0414. The van der Waals surface area contributed by atoms with Crippen LogP contribution in [0.25, 0.3) is 0 Å². The number of methoxy groups -OCH3 is 1. The zero-order valence-corrected chi connectivity index (χ0v) is 7.10. The van der Waals surface area contributed by atoms with Gasteiger partial charge in [0.25, 0.3) is 10.1 Å². The molecule has 0 rings (SSSR count). The lowest BCUT2D eigenvalue weighted by atomic mass is 10.2. The fourth-order valence-electron chi connectivity index (χ4n) is 0.498. The number of ether oxygens (including phenoxy) is 1. The maximum absolute atomic E-state index is 10.3. The normalized spacial score (nSPS) is 13.6. The molecule has 0 amide bonds. The Morgan fingerprint density at radius 2 is 1.90 bits per heavy atom. The topological polar surface area (TPSA) is 63.6 Å². The summed E-state index contributed by atoms with van der Waals surface area (Å²) in [6, 6.07) is 0. The summed E-state index contributed by atoms with van der Waals surface area (Å²) in [6.45, 7) is 3.17. The molecule has 0 spiro atoms. The molecule has 0 aromatic rings.